The Labute approximate surface area is 102 Å². The van der Waals surface area contributed by atoms with Gasteiger partial charge < -0.3 is 4.42 Å². The Bertz CT molecular complexity index is 619. The monoisotopic (exact) mass is 244 g/mol. The first-order valence-corrected chi connectivity index (χ1v) is 5.40. The van der Waals surface area contributed by atoms with E-state index in [1.165, 1.54) is 0 Å². The molecule has 3 aromatic rings. The predicted molar refractivity (Wildman–Crippen MR) is 64.6 cm³/mol. The third-order valence-electron chi connectivity index (χ3n) is 2.40. The summed E-state index contributed by atoms with van der Waals surface area (Å²) in [7, 11) is 0. The van der Waals surface area contributed by atoms with E-state index in [1.807, 2.05) is 30.3 Å². The molecule has 0 saturated heterocycles. The molecule has 84 valence electrons. The number of furan rings is 1. The first-order chi connectivity index (χ1) is 8.36. The van der Waals surface area contributed by atoms with Crippen LogP contribution in [0.5, 0.6) is 0 Å². The molecule has 0 radical (unpaired) electrons. The SMILES string of the molecule is Sc1cccc(-c2nn[nH]n2)c1-c1ccco1. The maximum absolute atomic E-state index is 5.40. The van der Waals surface area contributed by atoms with Crippen LogP contribution in [0.15, 0.2) is 45.9 Å². The van der Waals surface area contributed by atoms with Gasteiger partial charge in [0.1, 0.15) is 5.76 Å². The van der Waals surface area contributed by atoms with Gasteiger partial charge in [0.2, 0.25) is 5.82 Å². The summed E-state index contributed by atoms with van der Waals surface area (Å²) in [5.74, 6) is 1.25. The Morgan fingerprint density at radius 2 is 2.12 bits per heavy atom. The van der Waals surface area contributed by atoms with E-state index in [9.17, 15) is 0 Å². The summed E-state index contributed by atoms with van der Waals surface area (Å²) in [4.78, 5) is 0.808. The number of aromatic amines is 1. The van der Waals surface area contributed by atoms with Crippen LogP contribution in [0.25, 0.3) is 22.7 Å². The number of benzene rings is 1. The highest BCUT2D eigenvalue weighted by Crippen LogP contribution is 2.34. The minimum atomic E-state index is 0.521. The van der Waals surface area contributed by atoms with Gasteiger partial charge in [0, 0.05) is 16.0 Å². The second kappa shape index (κ2) is 4.06. The topological polar surface area (TPSA) is 67.6 Å². The van der Waals surface area contributed by atoms with Gasteiger partial charge in [-0.25, -0.2) is 0 Å². The first-order valence-electron chi connectivity index (χ1n) is 4.96. The summed E-state index contributed by atoms with van der Waals surface area (Å²) in [5, 5.41) is 13.9. The van der Waals surface area contributed by atoms with Gasteiger partial charge in [-0.3, -0.25) is 0 Å². The van der Waals surface area contributed by atoms with Crippen molar-refractivity contribution in [1.29, 1.82) is 0 Å². The maximum atomic E-state index is 5.40. The van der Waals surface area contributed by atoms with Crippen molar-refractivity contribution in [2.75, 3.05) is 0 Å². The highest BCUT2D eigenvalue weighted by molar-refractivity contribution is 7.80. The Hall–Kier alpha value is -2.08. The van der Waals surface area contributed by atoms with Crippen LogP contribution in [-0.2, 0) is 0 Å². The van der Waals surface area contributed by atoms with Crippen molar-refractivity contribution in [3.8, 4) is 22.7 Å². The summed E-state index contributed by atoms with van der Waals surface area (Å²) < 4.78 is 5.40. The van der Waals surface area contributed by atoms with E-state index >= 15 is 0 Å². The van der Waals surface area contributed by atoms with Crippen LogP contribution in [0.1, 0.15) is 0 Å². The molecule has 1 N–H and O–H groups in total. The van der Waals surface area contributed by atoms with Crippen molar-refractivity contribution in [1.82, 2.24) is 20.6 Å². The fraction of sp³-hybridized carbons (Fsp3) is 0. The van der Waals surface area contributed by atoms with Crippen molar-refractivity contribution < 1.29 is 4.42 Å². The van der Waals surface area contributed by atoms with E-state index in [0.29, 0.717) is 5.82 Å². The lowest BCUT2D eigenvalue weighted by molar-refractivity contribution is 0.581. The molecule has 0 aliphatic carbocycles. The van der Waals surface area contributed by atoms with Gasteiger partial charge >= 0.3 is 0 Å². The summed E-state index contributed by atoms with van der Waals surface area (Å²) in [6, 6.07) is 9.39. The van der Waals surface area contributed by atoms with Crippen LogP contribution in [0.4, 0.5) is 0 Å². The number of thiol groups is 1. The lowest BCUT2D eigenvalue weighted by Crippen LogP contribution is -1.87. The third kappa shape index (κ3) is 1.72. The molecule has 0 saturated carbocycles. The molecule has 17 heavy (non-hydrogen) atoms. The van der Waals surface area contributed by atoms with Crippen molar-refractivity contribution in [3.05, 3.63) is 36.6 Å². The van der Waals surface area contributed by atoms with Crippen LogP contribution in [0, 0.1) is 0 Å². The number of aromatic nitrogens is 4. The van der Waals surface area contributed by atoms with Gasteiger partial charge in [-0.05, 0) is 23.4 Å². The quantitative estimate of drug-likeness (QED) is 0.679. The number of H-pyrrole nitrogens is 1. The molecule has 0 spiro atoms. The van der Waals surface area contributed by atoms with Crippen LogP contribution < -0.4 is 0 Å². The first kappa shape index (κ1) is 10.1. The number of nitrogens with one attached hydrogen (secondary N) is 1. The maximum Gasteiger partial charge on any atom is 0.205 e. The molecule has 2 aromatic heterocycles. The Morgan fingerprint density at radius 3 is 2.82 bits per heavy atom. The Kier molecular flexibility index (Phi) is 2.41. The average molecular weight is 244 g/mol. The fourth-order valence-electron chi connectivity index (χ4n) is 1.68. The molecule has 0 bridgehead atoms. The molecule has 2 heterocycles. The van der Waals surface area contributed by atoms with Crippen molar-refractivity contribution in [3.63, 3.8) is 0 Å². The molecular formula is C11H8N4OS. The van der Waals surface area contributed by atoms with E-state index in [4.69, 9.17) is 4.42 Å². The summed E-state index contributed by atoms with van der Waals surface area (Å²) in [5.41, 5.74) is 1.70. The molecule has 0 unspecified atom stereocenters. The van der Waals surface area contributed by atoms with E-state index in [1.54, 1.807) is 6.26 Å². The Morgan fingerprint density at radius 1 is 1.18 bits per heavy atom. The summed E-state index contributed by atoms with van der Waals surface area (Å²) >= 11 is 4.44. The highest BCUT2D eigenvalue weighted by atomic mass is 32.1. The van der Waals surface area contributed by atoms with E-state index in [0.717, 1.165) is 21.8 Å². The third-order valence-corrected chi connectivity index (χ3v) is 2.77. The van der Waals surface area contributed by atoms with Crippen LogP contribution >= 0.6 is 12.6 Å². The van der Waals surface area contributed by atoms with Crippen LogP contribution in [-0.4, -0.2) is 20.6 Å². The molecule has 1 aromatic carbocycles. The van der Waals surface area contributed by atoms with Gasteiger partial charge in [0.25, 0.3) is 0 Å². The largest absolute Gasteiger partial charge is 0.464 e. The van der Waals surface area contributed by atoms with E-state index < -0.39 is 0 Å². The minimum absolute atomic E-state index is 0.521. The molecule has 6 heteroatoms. The zero-order chi connectivity index (χ0) is 11.7. The standard InChI is InChI=1S/C11H8N4OS/c17-9-5-1-3-7(11-12-14-15-13-11)10(9)8-4-2-6-16-8/h1-6,17H,(H,12,13,14,15). The van der Waals surface area contributed by atoms with Crippen LogP contribution in [0.2, 0.25) is 0 Å². The van der Waals surface area contributed by atoms with E-state index in [-0.39, 0.29) is 0 Å². The van der Waals surface area contributed by atoms with E-state index in [2.05, 4.69) is 33.3 Å². The minimum Gasteiger partial charge on any atom is -0.464 e. The van der Waals surface area contributed by atoms with Crippen molar-refractivity contribution >= 4 is 12.6 Å². The molecule has 3 rings (SSSR count). The van der Waals surface area contributed by atoms with Crippen molar-refractivity contribution in [2.45, 2.75) is 4.90 Å². The Balaban J connectivity index is 2.26. The molecule has 5 nitrogen and oxygen atoms in total. The van der Waals surface area contributed by atoms with Gasteiger partial charge in [0.15, 0.2) is 0 Å². The van der Waals surface area contributed by atoms with Gasteiger partial charge in [-0.2, -0.15) is 5.21 Å². The zero-order valence-corrected chi connectivity index (χ0v) is 9.56. The number of hydrogen-bond donors (Lipinski definition) is 2. The summed E-state index contributed by atoms with van der Waals surface area (Å²) in [6.07, 6.45) is 1.62. The normalized spacial score (nSPS) is 10.6. The summed E-state index contributed by atoms with van der Waals surface area (Å²) in [6.45, 7) is 0. The highest BCUT2D eigenvalue weighted by Gasteiger charge is 2.15. The molecule has 0 amide bonds. The average Bonchev–Trinajstić information content (AvgIpc) is 3.02. The van der Waals surface area contributed by atoms with Crippen LogP contribution in [0.3, 0.4) is 0 Å². The zero-order valence-electron chi connectivity index (χ0n) is 8.66. The van der Waals surface area contributed by atoms with Gasteiger partial charge in [-0.15, -0.1) is 22.8 Å². The second-order valence-corrected chi connectivity index (χ2v) is 3.89. The lowest BCUT2D eigenvalue weighted by atomic mass is 10.0. The number of tetrazole rings is 1. The molecule has 0 aliphatic rings. The predicted octanol–water partition coefficient (Wildman–Crippen LogP) is 2.42. The number of rotatable bonds is 2. The second-order valence-electron chi connectivity index (χ2n) is 3.41. The van der Waals surface area contributed by atoms with Gasteiger partial charge in [0.05, 0.1) is 6.26 Å². The van der Waals surface area contributed by atoms with Crippen molar-refractivity contribution in [2.24, 2.45) is 0 Å². The molecule has 0 aliphatic heterocycles. The number of nitrogens with zero attached hydrogens (tertiary/aromatic N) is 3. The molecular weight excluding hydrogens is 236 g/mol. The van der Waals surface area contributed by atoms with Gasteiger partial charge in [-0.1, -0.05) is 12.1 Å². The number of hydrogen-bond acceptors (Lipinski definition) is 5. The smallest absolute Gasteiger partial charge is 0.205 e. The fourth-order valence-corrected chi connectivity index (χ4v) is 2.00. The molecule has 0 atom stereocenters. The lowest BCUT2D eigenvalue weighted by Gasteiger charge is -2.06. The molecule has 0 fully saturated rings.